The summed E-state index contributed by atoms with van der Waals surface area (Å²) >= 11 is 0. The lowest BCUT2D eigenvalue weighted by Crippen LogP contribution is -2.69. The second-order valence-corrected chi connectivity index (χ2v) is 7.18. The van der Waals surface area contributed by atoms with E-state index in [1.165, 1.54) is 10.6 Å². The van der Waals surface area contributed by atoms with Crippen molar-refractivity contribution in [3.05, 3.63) is 35.4 Å². The summed E-state index contributed by atoms with van der Waals surface area (Å²) in [6.45, 7) is 0. The Morgan fingerprint density at radius 1 is 1.07 bits per heavy atom. The largest absolute Gasteiger partial charge is 0.440 e. The van der Waals surface area contributed by atoms with E-state index in [2.05, 4.69) is 0 Å². The Kier molecular flexibility index (Phi) is 5.46. The maximum absolute atomic E-state index is 13.9. The van der Waals surface area contributed by atoms with Gasteiger partial charge in [-0.2, -0.15) is 26.3 Å². The zero-order chi connectivity index (χ0) is 22.3. The molecule has 4 amide bonds. The first kappa shape index (κ1) is 21.9. The van der Waals surface area contributed by atoms with Crippen molar-refractivity contribution in [2.45, 2.75) is 56.2 Å². The third kappa shape index (κ3) is 3.82. The summed E-state index contributed by atoms with van der Waals surface area (Å²) in [4.78, 5) is 37.8. The molecule has 1 aliphatic carbocycles. The summed E-state index contributed by atoms with van der Waals surface area (Å²) in [7, 11) is 0. The number of halogens is 6. The van der Waals surface area contributed by atoms with Crippen LogP contribution < -0.4 is 10.6 Å². The summed E-state index contributed by atoms with van der Waals surface area (Å²) in [5.41, 5.74) is -5.75. The number of carbonyl (C=O) groups excluding carboxylic acids is 3. The predicted molar refractivity (Wildman–Crippen MR) is 89.9 cm³/mol. The van der Waals surface area contributed by atoms with Gasteiger partial charge in [0.25, 0.3) is 17.5 Å². The molecule has 0 radical (unpaired) electrons. The Labute approximate surface area is 166 Å². The lowest BCUT2D eigenvalue weighted by molar-refractivity contribution is -0.200. The first-order valence-electron chi connectivity index (χ1n) is 9.09. The van der Waals surface area contributed by atoms with Crippen LogP contribution in [0.3, 0.4) is 0 Å². The van der Waals surface area contributed by atoms with Crippen LogP contribution in [0.1, 0.15) is 48.0 Å². The molecule has 0 aromatic heterocycles. The zero-order valence-electron chi connectivity index (χ0n) is 15.4. The maximum atomic E-state index is 13.9. The topological polar surface area (TPSA) is 78.5 Å². The normalized spacial score (nSPS) is 23.5. The van der Waals surface area contributed by atoms with Gasteiger partial charge in [-0.05, 0) is 31.0 Å². The second kappa shape index (κ2) is 7.47. The molecule has 1 atom stereocenters. The van der Waals surface area contributed by atoms with Crippen LogP contribution in [0.4, 0.5) is 31.1 Å². The molecule has 0 spiro atoms. The predicted octanol–water partition coefficient (Wildman–Crippen LogP) is 3.58. The van der Waals surface area contributed by atoms with Gasteiger partial charge in [-0.15, -0.1) is 0 Å². The van der Waals surface area contributed by atoms with E-state index < -0.39 is 53.0 Å². The first-order valence-corrected chi connectivity index (χ1v) is 9.09. The monoisotopic (exact) mass is 437 g/mol. The molecule has 2 aliphatic rings. The van der Waals surface area contributed by atoms with E-state index in [4.69, 9.17) is 0 Å². The van der Waals surface area contributed by atoms with Gasteiger partial charge in [-0.3, -0.25) is 19.8 Å². The number of carbonyl (C=O) groups is 3. The van der Waals surface area contributed by atoms with E-state index in [0.717, 1.165) is 18.6 Å². The van der Waals surface area contributed by atoms with Crippen LogP contribution in [0.5, 0.6) is 0 Å². The fraction of sp³-hybridized carbons (Fsp3) is 0.500. The standard InChI is InChI=1S/C18H17F6N3O3/c19-17(20,21)11-6-4-5-10(9-11)13(28)25-16(18(22,23)24)14(29)27(15(30)26-16)12-7-2-1-3-8-12/h4-6,9,12H,1-3,7-8H2,(H,25,28)(H,26,30)/t16-/m0/s1. The van der Waals surface area contributed by atoms with Gasteiger partial charge in [0.15, 0.2) is 0 Å². The quantitative estimate of drug-likeness (QED) is 0.561. The number of nitrogens with one attached hydrogen (secondary N) is 2. The molecule has 30 heavy (non-hydrogen) atoms. The summed E-state index contributed by atoms with van der Waals surface area (Å²) in [6.07, 6.45) is -7.54. The number of alkyl halides is 6. The SMILES string of the molecule is O=C(N[C@]1(C(F)(F)F)NC(=O)N(C2CCCCC2)C1=O)c1cccc(C(F)(F)F)c1. The van der Waals surface area contributed by atoms with E-state index in [9.17, 15) is 40.7 Å². The second-order valence-electron chi connectivity index (χ2n) is 7.18. The van der Waals surface area contributed by atoms with Crippen molar-refractivity contribution in [2.75, 3.05) is 0 Å². The number of amides is 4. The molecule has 12 heteroatoms. The molecule has 1 heterocycles. The minimum Gasteiger partial charge on any atom is -0.314 e. The fourth-order valence-electron chi connectivity index (χ4n) is 3.64. The minimum absolute atomic E-state index is 0.328. The average molecular weight is 437 g/mol. The highest BCUT2D eigenvalue weighted by Gasteiger charge is 2.69. The molecule has 1 aromatic carbocycles. The van der Waals surface area contributed by atoms with Crippen LogP contribution in [0.25, 0.3) is 0 Å². The van der Waals surface area contributed by atoms with Crippen molar-refractivity contribution in [3.8, 4) is 0 Å². The van der Waals surface area contributed by atoms with E-state index >= 15 is 0 Å². The highest BCUT2D eigenvalue weighted by Crippen LogP contribution is 2.37. The molecule has 6 nitrogen and oxygen atoms in total. The van der Waals surface area contributed by atoms with Crippen LogP contribution >= 0.6 is 0 Å². The van der Waals surface area contributed by atoms with Gasteiger partial charge >= 0.3 is 18.4 Å². The molecule has 0 unspecified atom stereocenters. The number of benzene rings is 1. The van der Waals surface area contributed by atoms with Crippen LogP contribution in [0, 0.1) is 0 Å². The number of hydrogen-bond acceptors (Lipinski definition) is 3. The molecule has 1 aromatic rings. The molecule has 0 bridgehead atoms. The number of rotatable bonds is 3. The Morgan fingerprint density at radius 2 is 1.70 bits per heavy atom. The molecule has 1 saturated carbocycles. The fourth-order valence-corrected chi connectivity index (χ4v) is 3.64. The highest BCUT2D eigenvalue weighted by molar-refractivity contribution is 6.10. The zero-order valence-corrected chi connectivity index (χ0v) is 15.4. The molecular weight excluding hydrogens is 420 g/mol. The number of nitrogens with zero attached hydrogens (tertiary/aromatic N) is 1. The van der Waals surface area contributed by atoms with Crippen molar-refractivity contribution in [3.63, 3.8) is 0 Å². The van der Waals surface area contributed by atoms with Gasteiger partial charge in [0, 0.05) is 11.6 Å². The lowest BCUT2D eigenvalue weighted by Gasteiger charge is -2.32. The third-order valence-corrected chi connectivity index (χ3v) is 5.17. The van der Waals surface area contributed by atoms with E-state index in [0.29, 0.717) is 42.7 Å². The Hall–Kier alpha value is -2.79. The van der Waals surface area contributed by atoms with Crippen LogP contribution in [-0.4, -0.2) is 40.6 Å². The lowest BCUT2D eigenvalue weighted by atomic mass is 9.94. The van der Waals surface area contributed by atoms with Gasteiger partial charge in [0.2, 0.25) is 0 Å². The summed E-state index contributed by atoms with van der Waals surface area (Å²) in [5.74, 6) is -3.29. The molecule has 164 valence electrons. The number of urea groups is 1. The van der Waals surface area contributed by atoms with Crippen molar-refractivity contribution in [2.24, 2.45) is 0 Å². The van der Waals surface area contributed by atoms with Crippen LogP contribution in [0.2, 0.25) is 0 Å². The maximum Gasteiger partial charge on any atom is 0.440 e. The van der Waals surface area contributed by atoms with Gasteiger partial charge in [0.05, 0.1) is 5.56 Å². The number of hydrogen-bond donors (Lipinski definition) is 2. The summed E-state index contributed by atoms with van der Waals surface area (Å²) in [5, 5.41) is 2.93. The van der Waals surface area contributed by atoms with Crippen LogP contribution in [0.15, 0.2) is 24.3 Å². The van der Waals surface area contributed by atoms with E-state index in [1.807, 2.05) is 0 Å². The third-order valence-electron chi connectivity index (χ3n) is 5.17. The highest BCUT2D eigenvalue weighted by atomic mass is 19.4. The van der Waals surface area contributed by atoms with Crippen molar-refractivity contribution in [1.29, 1.82) is 0 Å². The van der Waals surface area contributed by atoms with Gasteiger partial charge in [0.1, 0.15) is 0 Å². The van der Waals surface area contributed by atoms with Crippen molar-refractivity contribution < 1.29 is 40.7 Å². The summed E-state index contributed by atoms with van der Waals surface area (Å²) < 4.78 is 80.1. The van der Waals surface area contributed by atoms with Gasteiger partial charge in [-0.25, -0.2) is 4.79 Å². The molecule has 3 rings (SSSR count). The average Bonchev–Trinajstić information content (AvgIpc) is 2.92. The Bertz CT molecular complexity index is 863. The van der Waals surface area contributed by atoms with Crippen LogP contribution in [-0.2, 0) is 11.0 Å². The molecule has 2 fully saturated rings. The molecule has 1 saturated heterocycles. The minimum atomic E-state index is -5.43. The van der Waals surface area contributed by atoms with Gasteiger partial charge in [-0.1, -0.05) is 25.3 Å². The van der Waals surface area contributed by atoms with Crippen molar-refractivity contribution in [1.82, 2.24) is 15.5 Å². The van der Waals surface area contributed by atoms with Gasteiger partial charge < -0.3 is 5.32 Å². The molecule has 2 N–H and O–H groups in total. The first-order chi connectivity index (χ1) is 13.9. The summed E-state index contributed by atoms with van der Waals surface area (Å²) in [6, 6.07) is 0.661. The van der Waals surface area contributed by atoms with Crippen molar-refractivity contribution >= 4 is 17.8 Å². The number of imide groups is 1. The van der Waals surface area contributed by atoms with E-state index in [1.54, 1.807) is 0 Å². The smallest absolute Gasteiger partial charge is 0.314 e. The molecule has 1 aliphatic heterocycles. The molecular formula is C18H17F6N3O3. The Morgan fingerprint density at radius 3 is 2.27 bits per heavy atom. The Balaban J connectivity index is 1.93. The van der Waals surface area contributed by atoms with E-state index in [-0.39, 0.29) is 0 Å².